The molecular weight excluding hydrogens is 348 g/mol. The third-order valence-electron chi connectivity index (χ3n) is 5.25. The lowest BCUT2D eigenvalue weighted by molar-refractivity contribution is 0.190. The van der Waals surface area contributed by atoms with Crippen molar-refractivity contribution in [2.45, 2.75) is 24.0 Å². The van der Waals surface area contributed by atoms with E-state index in [1.54, 1.807) is 16.1 Å². The fourth-order valence-electron chi connectivity index (χ4n) is 3.36. The largest absolute Gasteiger partial charge is 0.366 e. The van der Waals surface area contributed by atoms with Gasteiger partial charge in [0.2, 0.25) is 0 Å². The van der Waals surface area contributed by atoms with Crippen LogP contribution in [0.1, 0.15) is 19.3 Å². The first-order chi connectivity index (χ1) is 11.9. The molecule has 5 nitrogen and oxygen atoms in total. The van der Waals surface area contributed by atoms with Crippen molar-refractivity contribution in [2.24, 2.45) is 0 Å². The van der Waals surface area contributed by atoms with Gasteiger partial charge in [-0.1, -0.05) is 6.42 Å². The molecule has 1 saturated heterocycles. The van der Waals surface area contributed by atoms with E-state index in [0.717, 1.165) is 31.4 Å². The highest BCUT2D eigenvalue weighted by Crippen LogP contribution is 2.36. The zero-order valence-corrected chi connectivity index (χ0v) is 15.1. The van der Waals surface area contributed by atoms with Crippen LogP contribution in [0.25, 0.3) is 0 Å². The number of carbonyl (C=O) groups is 1. The maximum absolute atomic E-state index is 13.9. The molecular formula is C17H23F2N3O2S. The number of hydrogen-bond acceptors (Lipinski definition) is 3. The number of nitrogens with one attached hydrogen (secondary N) is 1. The Labute approximate surface area is 148 Å². The number of anilines is 1. The van der Waals surface area contributed by atoms with Gasteiger partial charge in [0.05, 0.1) is 10.4 Å². The van der Waals surface area contributed by atoms with Crippen molar-refractivity contribution in [3.05, 3.63) is 29.8 Å². The summed E-state index contributed by atoms with van der Waals surface area (Å²) in [4.78, 5) is 15.7. The first-order valence-corrected chi connectivity index (χ1v) is 10.0. The molecule has 0 bridgehead atoms. The van der Waals surface area contributed by atoms with E-state index in [1.165, 1.54) is 6.07 Å². The summed E-state index contributed by atoms with van der Waals surface area (Å²) in [6, 6.07) is 3.21. The summed E-state index contributed by atoms with van der Waals surface area (Å²) in [5, 5.41) is 2.89. The third-order valence-corrected chi connectivity index (χ3v) is 7.02. The van der Waals surface area contributed by atoms with E-state index in [4.69, 9.17) is 0 Å². The zero-order chi connectivity index (χ0) is 18.0. The van der Waals surface area contributed by atoms with Gasteiger partial charge in [0.25, 0.3) is 0 Å². The molecule has 1 N–H and O–H groups in total. The summed E-state index contributed by atoms with van der Waals surface area (Å²) in [5.41, 5.74) is 0.231. The Bertz CT molecular complexity index is 674. The lowest BCUT2D eigenvalue weighted by Crippen LogP contribution is -2.56. The maximum atomic E-state index is 13.9. The van der Waals surface area contributed by atoms with Gasteiger partial charge in [0, 0.05) is 55.8 Å². The van der Waals surface area contributed by atoms with Crippen LogP contribution in [-0.2, 0) is 10.8 Å². The summed E-state index contributed by atoms with van der Waals surface area (Å²) < 4.78 is 38.8. The van der Waals surface area contributed by atoms with Crippen LogP contribution in [0.2, 0.25) is 0 Å². The van der Waals surface area contributed by atoms with Gasteiger partial charge in [-0.2, -0.15) is 0 Å². The van der Waals surface area contributed by atoms with Crippen molar-refractivity contribution in [3.8, 4) is 0 Å². The quantitative estimate of drug-likeness (QED) is 0.882. The van der Waals surface area contributed by atoms with E-state index in [-0.39, 0.29) is 16.5 Å². The molecule has 0 aromatic heterocycles. The van der Waals surface area contributed by atoms with Gasteiger partial charge in [-0.15, -0.1) is 0 Å². The molecule has 1 aromatic carbocycles. The van der Waals surface area contributed by atoms with Crippen LogP contribution >= 0.6 is 0 Å². The van der Waals surface area contributed by atoms with Crippen molar-refractivity contribution in [3.63, 3.8) is 0 Å². The summed E-state index contributed by atoms with van der Waals surface area (Å²) in [7, 11) is -0.958. The molecule has 1 saturated carbocycles. The summed E-state index contributed by atoms with van der Waals surface area (Å²) in [5.74, 6) is -0.938. The average Bonchev–Trinajstić information content (AvgIpc) is 2.56. The van der Waals surface area contributed by atoms with Gasteiger partial charge in [0.15, 0.2) is 0 Å². The predicted molar refractivity (Wildman–Crippen MR) is 94.2 cm³/mol. The lowest BCUT2D eigenvalue weighted by atomic mass is 9.84. The van der Waals surface area contributed by atoms with Crippen molar-refractivity contribution in [1.29, 1.82) is 0 Å². The minimum atomic E-state index is -0.958. The number of piperazine rings is 1. The number of carbonyl (C=O) groups excluding carboxylic acids is 1. The van der Waals surface area contributed by atoms with Gasteiger partial charge in [-0.05, 0) is 25.0 Å². The number of urea groups is 1. The van der Waals surface area contributed by atoms with Gasteiger partial charge >= 0.3 is 6.03 Å². The summed E-state index contributed by atoms with van der Waals surface area (Å²) in [6.45, 7) is 2.18. The molecule has 25 heavy (non-hydrogen) atoms. The fourth-order valence-corrected chi connectivity index (χ4v) is 4.50. The fraction of sp³-hybridized carbons (Fsp3) is 0.588. The van der Waals surface area contributed by atoms with Crippen LogP contribution in [0.3, 0.4) is 0 Å². The number of amides is 2. The Morgan fingerprint density at radius 2 is 1.92 bits per heavy atom. The van der Waals surface area contributed by atoms with Gasteiger partial charge in [-0.25, -0.2) is 13.6 Å². The Morgan fingerprint density at radius 3 is 2.48 bits per heavy atom. The normalized spacial score (nSPS) is 20.8. The second-order valence-corrected chi connectivity index (χ2v) is 8.49. The highest BCUT2D eigenvalue weighted by atomic mass is 32.2. The van der Waals surface area contributed by atoms with Crippen molar-refractivity contribution in [2.75, 3.05) is 43.9 Å². The molecule has 2 fully saturated rings. The molecule has 1 unspecified atom stereocenters. The third kappa shape index (κ3) is 3.78. The molecule has 3 rings (SSSR count). The van der Waals surface area contributed by atoms with Crippen LogP contribution in [0.5, 0.6) is 0 Å². The van der Waals surface area contributed by atoms with Crippen molar-refractivity contribution >= 4 is 22.5 Å². The topological polar surface area (TPSA) is 52.7 Å². The van der Waals surface area contributed by atoms with Crippen LogP contribution in [0, 0.1) is 11.6 Å². The monoisotopic (exact) mass is 371 g/mol. The molecule has 0 spiro atoms. The van der Waals surface area contributed by atoms with Crippen LogP contribution in [-0.4, -0.2) is 58.9 Å². The molecule has 1 aliphatic heterocycles. The van der Waals surface area contributed by atoms with Gasteiger partial charge in [0.1, 0.15) is 11.6 Å². The first kappa shape index (κ1) is 18.1. The smallest absolute Gasteiger partial charge is 0.317 e. The minimum absolute atomic E-state index is 0.184. The van der Waals surface area contributed by atoms with E-state index in [1.807, 2.05) is 0 Å². The molecule has 1 heterocycles. The molecule has 8 heteroatoms. The van der Waals surface area contributed by atoms with Crippen molar-refractivity contribution < 1.29 is 17.8 Å². The second-order valence-electron chi connectivity index (χ2n) is 6.72. The first-order valence-electron chi connectivity index (χ1n) is 8.48. The molecule has 0 radical (unpaired) electrons. The van der Waals surface area contributed by atoms with Gasteiger partial charge < -0.3 is 15.1 Å². The predicted octanol–water partition coefficient (Wildman–Crippen LogP) is 2.10. The highest BCUT2D eigenvalue weighted by molar-refractivity contribution is 7.85. The molecule has 1 aromatic rings. The molecule has 138 valence electrons. The van der Waals surface area contributed by atoms with Crippen molar-refractivity contribution in [1.82, 2.24) is 10.2 Å². The Morgan fingerprint density at radius 1 is 1.24 bits per heavy atom. The van der Waals surface area contributed by atoms with E-state index < -0.39 is 22.4 Å². The Hall–Kier alpha value is -1.70. The number of nitrogens with zero attached hydrogens (tertiary/aromatic N) is 2. The van der Waals surface area contributed by atoms with Gasteiger partial charge in [-0.3, -0.25) is 4.21 Å². The summed E-state index contributed by atoms with van der Waals surface area (Å²) >= 11 is 0. The van der Waals surface area contributed by atoms with Crippen LogP contribution in [0.15, 0.2) is 18.2 Å². The van der Waals surface area contributed by atoms with Crippen LogP contribution in [0.4, 0.5) is 19.3 Å². The maximum Gasteiger partial charge on any atom is 0.317 e. The average molecular weight is 371 g/mol. The van der Waals surface area contributed by atoms with Crippen LogP contribution < -0.4 is 10.2 Å². The molecule has 1 atom stereocenters. The SMILES string of the molecule is CS(=O)C1(CNC(=O)N2CCN(c3cc(F)ccc3F)CC2)CCC1. The minimum Gasteiger partial charge on any atom is -0.366 e. The highest BCUT2D eigenvalue weighted by Gasteiger charge is 2.41. The molecule has 2 aliphatic rings. The number of benzene rings is 1. The number of hydrogen-bond donors (Lipinski definition) is 1. The molecule has 2 amide bonds. The number of halogens is 2. The van der Waals surface area contributed by atoms with E-state index in [9.17, 15) is 17.8 Å². The van der Waals surface area contributed by atoms with E-state index in [2.05, 4.69) is 5.32 Å². The second kappa shape index (κ2) is 7.27. The summed E-state index contributed by atoms with van der Waals surface area (Å²) in [6.07, 6.45) is 4.50. The Kier molecular flexibility index (Phi) is 5.27. The number of rotatable bonds is 4. The Balaban J connectivity index is 1.52. The lowest BCUT2D eigenvalue weighted by Gasteiger charge is -2.41. The standard InChI is InChI=1S/C17H23F2N3O2S/c1-25(24)17(5-2-6-17)12-20-16(23)22-9-7-21(8-10-22)15-11-13(18)3-4-14(15)19/h3-4,11H,2,5-10,12H2,1H3,(H,20,23). The zero-order valence-electron chi connectivity index (χ0n) is 14.3. The van der Waals surface area contributed by atoms with E-state index in [0.29, 0.717) is 32.7 Å². The van der Waals surface area contributed by atoms with E-state index >= 15 is 0 Å². The molecule has 1 aliphatic carbocycles.